The van der Waals surface area contributed by atoms with Gasteiger partial charge in [0, 0.05) is 17.3 Å². The average molecular weight is 372 g/mol. The lowest BCUT2D eigenvalue weighted by Gasteiger charge is -2.10. The van der Waals surface area contributed by atoms with Crippen LogP contribution in [-0.4, -0.2) is 34.2 Å². The normalized spacial score (nSPS) is 11.9. The number of carbonyl (C=O) groups is 2. The van der Waals surface area contributed by atoms with Crippen LogP contribution < -0.4 is 10.6 Å². The van der Waals surface area contributed by atoms with Crippen molar-refractivity contribution in [1.29, 1.82) is 0 Å². The number of hydrogen-bond acceptors (Lipinski definition) is 6. The van der Waals surface area contributed by atoms with E-state index in [4.69, 9.17) is 0 Å². The van der Waals surface area contributed by atoms with E-state index in [2.05, 4.69) is 20.6 Å². The van der Waals surface area contributed by atoms with Crippen molar-refractivity contribution >= 4 is 45.3 Å². The van der Waals surface area contributed by atoms with Crippen LogP contribution in [0, 0.1) is 0 Å². The molecular formula is C17H16N4O2S2. The molecule has 3 rings (SSSR count). The van der Waals surface area contributed by atoms with Gasteiger partial charge in [0.25, 0.3) is 0 Å². The second-order valence-corrected chi connectivity index (χ2v) is 7.56. The summed E-state index contributed by atoms with van der Waals surface area (Å²) in [5, 5.41) is 5.82. The Hall–Kier alpha value is -2.45. The number of nitrogens with one attached hydrogen (secondary N) is 2. The smallest absolute Gasteiger partial charge is 0.321 e. The molecule has 1 aromatic carbocycles. The Balaban J connectivity index is 1.86. The Morgan fingerprint density at radius 1 is 1.20 bits per heavy atom. The van der Waals surface area contributed by atoms with E-state index in [1.807, 2.05) is 36.4 Å². The van der Waals surface area contributed by atoms with Crippen LogP contribution in [0.4, 0.5) is 4.79 Å². The molecule has 0 fully saturated rings. The van der Waals surface area contributed by atoms with Crippen molar-refractivity contribution < 1.29 is 9.59 Å². The van der Waals surface area contributed by atoms with Gasteiger partial charge in [0.1, 0.15) is 16.2 Å². The SMILES string of the molecule is CNC(=O)NC(=O)[C@@H](C)Sc1ncnc2sc(-c3ccccc3)cc12. The summed E-state index contributed by atoms with van der Waals surface area (Å²) in [6.07, 6.45) is 1.50. The second-order valence-electron chi connectivity index (χ2n) is 5.20. The molecule has 0 saturated heterocycles. The van der Waals surface area contributed by atoms with Gasteiger partial charge in [-0.2, -0.15) is 0 Å². The van der Waals surface area contributed by atoms with Crippen molar-refractivity contribution in [3.05, 3.63) is 42.7 Å². The predicted molar refractivity (Wildman–Crippen MR) is 101 cm³/mol. The van der Waals surface area contributed by atoms with Crippen molar-refractivity contribution in [2.45, 2.75) is 17.2 Å². The highest BCUT2D eigenvalue weighted by atomic mass is 32.2. The van der Waals surface area contributed by atoms with Gasteiger partial charge in [-0.05, 0) is 18.6 Å². The fourth-order valence-corrected chi connectivity index (χ4v) is 4.13. The third kappa shape index (κ3) is 3.97. The van der Waals surface area contributed by atoms with E-state index in [0.717, 1.165) is 25.7 Å². The maximum absolute atomic E-state index is 12.0. The van der Waals surface area contributed by atoms with Gasteiger partial charge in [-0.15, -0.1) is 11.3 Å². The second kappa shape index (κ2) is 7.62. The van der Waals surface area contributed by atoms with E-state index in [1.54, 1.807) is 18.3 Å². The molecule has 0 aliphatic rings. The third-order valence-corrected chi connectivity index (χ3v) is 5.68. The number of thiophene rings is 1. The van der Waals surface area contributed by atoms with E-state index >= 15 is 0 Å². The Morgan fingerprint density at radius 3 is 2.68 bits per heavy atom. The van der Waals surface area contributed by atoms with Gasteiger partial charge in [-0.25, -0.2) is 14.8 Å². The number of amides is 3. The van der Waals surface area contributed by atoms with Gasteiger partial charge in [-0.3, -0.25) is 10.1 Å². The number of carbonyl (C=O) groups excluding carboxylic acids is 2. The summed E-state index contributed by atoms with van der Waals surface area (Å²) in [6, 6.07) is 11.6. The Kier molecular flexibility index (Phi) is 5.30. The van der Waals surface area contributed by atoms with Gasteiger partial charge in [0.2, 0.25) is 5.91 Å². The van der Waals surface area contributed by atoms with Crippen molar-refractivity contribution in [1.82, 2.24) is 20.6 Å². The zero-order chi connectivity index (χ0) is 17.8. The molecule has 0 aliphatic heterocycles. The highest BCUT2D eigenvalue weighted by molar-refractivity contribution is 8.00. The molecule has 3 aromatic rings. The molecule has 6 nitrogen and oxygen atoms in total. The van der Waals surface area contributed by atoms with Crippen LogP contribution in [0.1, 0.15) is 6.92 Å². The summed E-state index contributed by atoms with van der Waals surface area (Å²) < 4.78 is 0. The number of benzene rings is 1. The Bertz CT molecular complexity index is 911. The molecular weight excluding hydrogens is 356 g/mol. The summed E-state index contributed by atoms with van der Waals surface area (Å²) in [5.41, 5.74) is 1.12. The van der Waals surface area contributed by atoms with Crippen LogP contribution in [0.5, 0.6) is 0 Å². The molecule has 2 heterocycles. The summed E-state index contributed by atoms with van der Waals surface area (Å²) >= 11 is 2.89. The number of rotatable bonds is 4. The topological polar surface area (TPSA) is 84.0 Å². The zero-order valence-corrected chi connectivity index (χ0v) is 15.3. The molecule has 0 aliphatic carbocycles. The molecule has 1 atom stereocenters. The summed E-state index contributed by atoms with van der Waals surface area (Å²) in [6.45, 7) is 1.74. The maximum Gasteiger partial charge on any atom is 0.321 e. The van der Waals surface area contributed by atoms with Crippen LogP contribution in [-0.2, 0) is 4.79 Å². The van der Waals surface area contributed by atoms with Crippen LogP contribution >= 0.6 is 23.1 Å². The lowest BCUT2D eigenvalue weighted by Crippen LogP contribution is -2.41. The van der Waals surface area contributed by atoms with Crippen LogP contribution in [0.2, 0.25) is 0 Å². The average Bonchev–Trinajstić information content (AvgIpc) is 3.07. The first-order valence-corrected chi connectivity index (χ1v) is 9.27. The number of imide groups is 1. The van der Waals surface area contributed by atoms with E-state index in [9.17, 15) is 9.59 Å². The third-order valence-electron chi connectivity index (χ3n) is 3.47. The van der Waals surface area contributed by atoms with E-state index < -0.39 is 11.3 Å². The molecule has 0 unspecified atom stereocenters. The highest BCUT2D eigenvalue weighted by Crippen LogP contribution is 2.37. The minimum atomic E-state index is -0.521. The molecule has 3 amide bonds. The van der Waals surface area contributed by atoms with Crippen molar-refractivity contribution in [3.63, 3.8) is 0 Å². The standard InChI is InChI=1S/C17H16N4O2S2/c1-10(14(22)21-17(23)18-2)24-15-12-8-13(11-6-4-3-5-7-11)25-16(12)20-9-19-15/h3-10H,1-2H3,(H2,18,21,22,23)/t10-/m1/s1. The molecule has 8 heteroatoms. The van der Waals surface area contributed by atoms with Crippen LogP contribution in [0.15, 0.2) is 47.8 Å². The molecule has 0 spiro atoms. The number of fused-ring (bicyclic) bond motifs is 1. The van der Waals surface area contributed by atoms with Crippen molar-refractivity contribution in [2.75, 3.05) is 7.05 Å². The Labute approximate surface area is 153 Å². The molecule has 2 aromatic heterocycles. The lowest BCUT2D eigenvalue weighted by atomic mass is 10.2. The monoisotopic (exact) mass is 372 g/mol. The van der Waals surface area contributed by atoms with E-state index in [-0.39, 0.29) is 5.91 Å². The van der Waals surface area contributed by atoms with Crippen LogP contribution in [0.3, 0.4) is 0 Å². The Morgan fingerprint density at radius 2 is 1.96 bits per heavy atom. The molecule has 25 heavy (non-hydrogen) atoms. The summed E-state index contributed by atoms with van der Waals surface area (Å²) in [7, 11) is 1.46. The minimum absolute atomic E-state index is 0.366. The molecule has 2 N–H and O–H groups in total. The molecule has 0 bridgehead atoms. The lowest BCUT2D eigenvalue weighted by molar-refractivity contribution is -0.119. The number of hydrogen-bond donors (Lipinski definition) is 2. The van der Waals surface area contributed by atoms with Crippen molar-refractivity contribution in [2.24, 2.45) is 0 Å². The number of nitrogens with zero attached hydrogens (tertiary/aromatic N) is 2. The zero-order valence-electron chi connectivity index (χ0n) is 13.6. The van der Waals surface area contributed by atoms with Gasteiger partial charge in [0.05, 0.1) is 5.25 Å². The molecule has 0 saturated carbocycles. The van der Waals surface area contributed by atoms with Gasteiger partial charge < -0.3 is 5.32 Å². The first-order chi connectivity index (χ1) is 12.1. The summed E-state index contributed by atoms with van der Waals surface area (Å²) in [5.74, 6) is -0.366. The highest BCUT2D eigenvalue weighted by Gasteiger charge is 2.19. The largest absolute Gasteiger partial charge is 0.341 e. The minimum Gasteiger partial charge on any atom is -0.341 e. The first kappa shape index (κ1) is 17.4. The van der Waals surface area contributed by atoms with Gasteiger partial charge in [-0.1, -0.05) is 42.1 Å². The van der Waals surface area contributed by atoms with Crippen molar-refractivity contribution in [3.8, 4) is 10.4 Å². The van der Waals surface area contributed by atoms with E-state index in [1.165, 1.54) is 25.1 Å². The first-order valence-electron chi connectivity index (χ1n) is 7.57. The molecule has 0 radical (unpaired) electrons. The number of aromatic nitrogens is 2. The van der Waals surface area contributed by atoms with E-state index in [0.29, 0.717) is 0 Å². The summed E-state index contributed by atoms with van der Waals surface area (Å²) in [4.78, 5) is 33.9. The predicted octanol–water partition coefficient (Wildman–Crippen LogP) is 3.29. The van der Waals surface area contributed by atoms with Crippen LogP contribution in [0.25, 0.3) is 20.7 Å². The number of thioether (sulfide) groups is 1. The number of urea groups is 1. The fraction of sp³-hybridized carbons (Fsp3) is 0.176. The quantitative estimate of drug-likeness (QED) is 0.542. The molecule has 128 valence electrons. The van der Waals surface area contributed by atoms with Gasteiger partial charge >= 0.3 is 6.03 Å². The fourth-order valence-electron chi connectivity index (χ4n) is 2.17. The van der Waals surface area contributed by atoms with Gasteiger partial charge in [0.15, 0.2) is 0 Å². The maximum atomic E-state index is 12.0.